The van der Waals surface area contributed by atoms with Crippen molar-refractivity contribution in [3.05, 3.63) is 42.0 Å². The van der Waals surface area contributed by atoms with Gasteiger partial charge in [0.25, 0.3) is 5.91 Å². The van der Waals surface area contributed by atoms with Gasteiger partial charge in [-0.1, -0.05) is 0 Å². The molecule has 0 fully saturated rings. The van der Waals surface area contributed by atoms with Gasteiger partial charge in [0.05, 0.1) is 5.56 Å². The van der Waals surface area contributed by atoms with Crippen molar-refractivity contribution in [1.82, 2.24) is 15.0 Å². The average molecular weight is 202 g/mol. The minimum atomic E-state index is -0.221. The number of carbonyl (C=O) groups is 1. The Kier molecular flexibility index (Phi) is 2.45. The van der Waals surface area contributed by atoms with Crippen LogP contribution in [0.25, 0.3) is 0 Å². The molecule has 0 bridgehead atoms. The van der Waals surface area contributed by atoms with Gasteiger partial charge < -0.3 is 4.98 Å². The van der Waals surface area contributed by atoms with Crippen molar-refractivity contribution in [3.63, 3.8) is 0 Å². The Morgan fingerprint density at radius 1 is 1.47 bits per heavy atom. The molecule has 0 saturated carbocycles. The first-order valence-electron chi connectivity index (χ1n) is 4.48. The first-order chi connectivity index (χ1) is 7.25. The molecule has 0 atom stereocenters. The summed E-state index contributed by atoms with van der Waals surface area (Å²) in [4.78, 5) is 22.3. The van der Waals surface area contributed by atoms with Crippen molar-refractivity contribution < 1.29 is 4.79 Å². The molecule has 2 rings (SSSR count). The second kappa shape index (κ2) is 3.91. The van der Waals surface area contributed by atoms with E-state index in [1.54, 1.807) is 24.7 Å². The fourth-order valence-corrected chi connectivity index (χ4v) is 1.19. The summed E-state index contributed by atoms with van der Waals surface area (Å²) in [5.41, 5.74) is 1.47. The monoisotopic (exact) mass is 202 g/mol. The van der Waals surface area contributed by atoms with Gasteiger partial charge in [0.1, 0.15) is 0 Å². The van der Waals surface area contributed by atoms with Crippen molar-refractivity contribution in [3.8, 4) is 0 Å². The second-order valence-corrected chi connectivity index (χ2v) is 3.14. The maximum absolute atomic E-state index is 11.7. The number of hydrogen-bond donors (Lipinski definition) is 2. The minimum Gasteiger partial charge on any atom is -0.331 e. The number of imidazole rings is 1. The van der Waals surface area contributed by atoms with E-state index in [0.29, 0.717) is 11.5 Å². The summed E-state index contributed by atoms with van der Waals surface area (Å²) in [5.74, 6) is 0.211. The molecule has 2 aromatic heterocycles. The van der Waals surface area contributed by atoms with Crippen molar-refractivity contribution in [2.75, 3.05) is 5.32 Å². The molecule has 0 aromatic carbocycles. The summed E-state index contributed by atoms with van der Waals surface area (Å²) >= 11 is 0. The van der Waals surface area contributed by atoms with Gasteiger partial charge in [-0.2, -0.15) is 0 Å². The van der Waals surface area contributed by atoms with Crippen LogP contribution in [0, 0.1) is 6.92 Å². The van der Waals surface area contributed by atoms with Crippen molar-refractivity contribution in [1.29, 1.82) is 0 Å². The number of carbonyl (C=O) groups excluding carboxylic acids is 1. The Morgan fingerprint density at radius 3 is 3.00 bits per heavy atom. The Balaban J connectivity index is 2.15. The van der Waals surface area contributed by atoms with Crippen LogP contribution in [0.15, 0.2) is 30.9 Å². The van der Waals surface area contributed by atoms with Gasteiger partial charge in [0.15, 0.2) is 0 Å². The Labute approximate surface area is 86.6 Å². The standard InChI is InChI=1S/C10H10N4O/c1-7-4-8(6-11-5-7)9(15)14-10-12-2-3-13-10/h2-6H,1H3,(H2,12,13,14,15). The van der Waals surface area contributed by atoms with Gasteiger partial charge in [-0.15, -0.1) is 0 Å². The first-order valence-corrected chi connectivity index (χ1v) is 4.48. The van der Waals surface area contributed by atoms with E-state index in [9.17, 15) is 4.79 Å². The van der Waals surface area contributed by atoms with Crippen LogP contribution in [0.4, 0.5) is 5.95 Å². The fourth-order valence-electron chi connectivity index (χ4n) is 1.19. The summed E-state index contributed by atoms with van der Waals surface area (Å²) in [7, 11) is 0. The number of aromatic amines is 1. The zero-order chi connectivity index (χ0) is 10.7. The highest BCUT2D eigenvalue weighted by atomic mass is 16.1. The van der Waals surface area contributed by atoms with Crippen molar-refractivity contribution >= 4 is 11.9 Å². The Morgan fingerprint density at radius 2 is 2.33 bits per heavy atom. The first kappa shape index (κ1) is 9.39. The van der Waals surface area contributed by atoms with Crippen molar-refractivity contribution in [2.24, 2.45) is 0 Å². The molecule has 0 radical (unpaired) electrons. The molecule has 1 amide bonds. The van der Waals surface area contributed by atoms with Gasteiger partial charge in [-0.05, 0) is 18.6 Å². The molecule has 0 aliphatic rings. The molecule has 5 nitrogen and oxygen atoms in total. The second-order valence-electron chi connectivity index (χ2n) is 3.14. The number of amides is 1. The Bertz CT molecular complexity index is 464. The quantitative estimate of drug-likeness (QED) is 0.772. The predicted molar refractivity (Wildman–Crippen MR) is 55.5 cm³/mol. The van der Waals surface area contributed by atoms with E-state index >= 15 is 0 Å². The molecular formula is C10H10N4O. The van der Waals surface area contributed by atoms with Gasteiger partial charge in [-0.25, -0.2) is 4.98 Å². The van der Waals surface area contributed by atoms with Gasteiger partial charge in [0, 0.05) is 24.8 Å². The molecule has 0 aliphatic carbocycles. The Hall–Kier alpha value is -2.17. The largest absolute Gasteiger partial charge is 0.331 e. The highest BCUT2D eigenvalue weighted by Crippen LogP contribution is 2.04. The van der Waals surface area contributed by atoms with Crippen LogP contribution >= 0.6 is 0 Å². The lowest BCUT2D eigenvalue weighted by Gasteiger charge is -2.01. The highest BCUT2D eigenvalue weighted by Gasteiger charge is 2.07. The topological polar surface area (TPSA) is 70.7 Å². The lowest BCUT2D eigenvalue weighted by atomic mass is 10.2. The van der Waals surface area contributed by atoms with Crippen LogP contribution in [0.1, 0.15) is 15.9 Å². The average Bonchev–Trinajstić information content (AvgIpc) is 2.70. The number of pyridine rings is 1. The predicted octanol–water partition coefficient (Wildman–Crippen LogP) is 1.37. The lowest BCUT2D eigenvalue weighted by molar-refractivity contribution is 0.102. The van der Waals surface area contributed by atoms with E-state index in [0.717, 1.165) is 5.56 Å². The smallest absolute Gasteiger partial charge is 0.259 e. The third-order valence-corrected chi connectivity index (χ3v) is 1.87. The number of aromatic nitrogens is 3. The number of rotatable bonds is 2. The maximum atomic E-state index is 11.7. The molecule has 0 unspecified atom stereocenters. The normalized spacial score (nSPS) is 9.93. The number of aryl methyl sites for hydroxylation is 1. The molecule has 0 saturated heterocycles. The number of nitrogens with zero attached hydrogens (tertiary/aromatic N) is 2. The van der Waals surface area contributed by atoms with Crippen molar-refractivity contribution in [2.45, 2.75) is 6.92 Å². The third kappa shape index (κ3) is 2.19. The van der Waals surface area contributed by atoms with Crippen LogP contribution in [-0.4, -0.2) is 20.9 Å². The van der Waals surface area contributed by atoms with E-state index in [1.165, 1.54) is 6.20 Å². The van der Waals surface area contributed by atoms with Crippen LogP contribution in [0.3, 0.4) is 0 Å². The van der Waals surface area contributed by atoms with Crippen LogP contribution in [0.5, 0.6) is 0 Å². The SMILES string of the molecule is Cc1cncc(C(=O)Nc2ncc[nH]2)c1. The van der Waals surface area contributed by atoms with E-state index in [-0.39, 0.29) is 5.91 Å². The number of H-pyrrole nitrogens is 1. The molecule has 0 spiro atoms. The van der Waals surface area contributed by atoms with Crippen LogP contribution < -0.4 is 5.32 Å². The van der Waals surface area contributed by atoms with E-state index in [1.807, 2.05) is 6.92 Å². The fraction of sp³-hybridized carbons (Fsp3) is 0.100. The summed E-state index contributed by atoms with van der Waals surface area (Å²) in [5, 5.41) is 2.62. The van der Waals surface area contributed by atoms with Crippen LogP contribution in [-0.2, 0) is 0 Å². The lowest BCUT2D eigenvalue weighted by Crippen LogP contribution is -2.13. The summed E-state index contributed by atoms with van der Waals surface area (Å²) in [6.45, 7) is 1.89. The number of nitrogens with one attached hydrogen (secondary N) is 2. The summed E-state index contributed by atoms with van der Waals surface area (Å²) < 4.78 is 0. The van der Waals surface area contributed by atoms with Gasteiger partial charge in [-0.3, -0.25) is 15.1 Å². The molecule has 0 aliphatic heterocycles. The van der Waals surface area contributed by atoms with E-state index < -0.39 is 0 Å². The number of anilines is 1. The molecule has 5 heteroatoms. The van der Waals surface area contributed by atoms with E-state index in [2.05, 4.69) is 20.3 Å². The third-order valence-electron chi connectivity index (χ3n) is 1.87. The minimum absolute atomic E-state index is 0.221. The summed E-state index contributed by atoms with van der Waals surface area (Å²) in [6, 6.07) is 1.77. The molecule has 15 heavy (non-hydrogen) atoms. The summed E-state index contributed by atoms with van der Waals surface area (Å²) in [6.07, 6.45) is 6.43. The molecule has 76 valence electrons. The molecule has 2 heterocycles. The molecular weight excluding hydrogens is 192 g/mol. The molecule has 2 N–H and O–H groups in total. The molecule has 2 aromatic rings. The maximum Gasteiger partial charge on any atom is 0.259 e. The zero-order valence-corrected chi connectivity index (χ0v) is 8.19. The number of hydrogen-bond acceptors (Lipinski definition) is 3. The van der Waals surface area contributed by atoms with Gasteiger partial charge in [0.2, 0.25) is 5.95 Å². The highest BCUT2D eigenvalue weighted by molar-refractivity contribution is 6.03. The zero-order valence-electron chi connectivity index (χ0n) is 8.19. The van der Waals surface area contributed by atoms with Gasteiger partial charge >= 0.3 is 0 Å². The van der Waals surface area contributed by atoms with Crippen LogP contribution in [0.2, 0.25) is 0 Å². The van der Waals surface area contributed by atoms with E-state index in [4.69, 9.17) is 0 Å².